The molecule has 1 aliphatic heterocycles. The van der Waals surface area contributed by atoms with Gasteiger partial charge in [0.2, 0.25) is 5.91 Å². The smallest absolute Gasteiger partial charge is 0.416 e. The van der Waals surface area contributed by atoms with E-state index in [-0.39, 0.29) is 16.3 Å². The number of nitrogens with zero attached hydrogens (tertiary/aromatic N) is 1. The molecule has 7 nitrogen and oxygen atoms in total. The molecule has 1 fully saturated rings. The lowest BCUT2D eigenvalue weighted by Crippen LogP contribution is -2.36. The van der Waals surface area contributed by atoms with Gasteiger partial charge in [0.1, 0.15) is 24.7 Å². The van der Waals surface area contributed by atoms with Crippen LogP contribution in [0.5, 0.6) is 11.5 Å². The van der Waals surface area contributed by atoms with Crippen LogP contribution in [-0.4, -0.2) is 35.6 Å². The Kier molecular flexibility index (Phi) is 10.3. The average molecular weight is 873 g/mol. The number of benzene rings is 3. The lowest BCUT2D eigenvalue weighted by Gasteiger charge is -2.16. The quantitative estimate of drug-likeness (QED) is 0.183. The van der Waals surface area contributed by atoms with Crippen molar-refractivity contribution in [2.24, 2.45) is 0 Å². The van der Waals surface area contributed by atoms with Gasteiger partial charge >= 0.3 is 6.18 Å². The van der Waals surface area contributed by atoms with Gasteiger partial charge in [-0.15, -0.1) is 0 Å². The van der Waals surface area contributed by atoms with Crippen molar-refractivity contribution in [1.82, 2.24) is 4.90 Å². The molecule has 0 aromatic heterocycles. The first-order valence-corrected chi connectivity index (χ1v) is 15.3. The van der Waals surface area contributed by atoms with E-state index in [2.05, 4.69) is 66.4 Å². The number of imide groups is 1. The molecule has 0 spiro atoms. The number of amides is 3. The fourth-order valence-electron chi connectivity index (χ4n) is 3.64. The Labute approximate surface area is 272 Å². The summed E-state index contributed by atoms with van der Waals surface area (Å²) in [6, 6.07) is 14.0. The van der Waals surface area contributed by atoms with Gasteiger partial charge < -0.3 is 14.8 Å². The highest BCUT2D eigenvalue weighted by molar-refractivity contribution is 14.1. The van der Waals surface area contributed by atoms with Gasteiger partial charge in [-0.2, -0.15) is 13.2 Å². The molecular weight excluding hydrogens is 855 g/mol. The first-order chi connectivity index (χ1) is 19.3. The van der Waals surface area contributed by atoms with Gasteiger partial charge in [0.15, 0.2) is 0 Å². The van der Waals surface area contributed by atoms with Gasteiger partial charge in [-0.05, 0) is 117 Å². The maximum absolute atomic E-state index is 13.1. The SMILES string of the molecule is COc1ccc(C(F)(F)F)cc1NC(=O)CN1C(=O)S/C(=C\c2cc(I)c(OCc3ccc(Br)cc3)c(I)c2)C1=O. The number of nitrogens with one attached hydrogen (secondary N) is 1. The molecule has 0 bridgehead atoms. The minimum atomic E-state index is -4.64. The number of alkyl halides is 3. The molecule has 1 N–H and O–H groups in total. The van der Waals surface area contributed by atoms with E-state index < -0.39 is 35.3 Å². The van der Waals surface area contributed by atoms with Crippen LogP contribution >= 0.6 is 72.9 Å². The second-order valence-corrected chi connectivity index (χ2v) is 12.7. The summed E-state index contributed by atoms with van der Waals surface area (Å²) < 4.78 is 52.9. The molecule has 0 radical (unpaired) electrons. The molecule has 14 heteroatoms. The van der Waals surface area contributed by atoms with E-state index >= 15 is 0 Å². The number of anilines is 1. The van der Waals surface area contributed by atoms with Gasteiger partial charge in [0, 0.05) is 4.47 Å². The summed E-state index contributed by atoms with van der Waals surface area (Å²) in [5.41, 5.74) is 0.421. The third-order valence-corrected chi connectivity index (χ3v) is 8.63. The highest BCUT2D eigenvalue weighted by atomic mass is 127. The molecule has 41 heavy (non-hydrogen) atoms. The number of hydrogen-bond acceptors (Lipinski definition) is 6. The first-order valence-electron chi connectivity index (χ1n) is 11.5. The Morgan fingerprint density at radius 2 is 1.73 bits per heavy atom. The lowest BCUT2D eigenvalue weighted by molar-refractivity contribution is -0.137. The summed E-state index contributed by atoms with van der Waals surface area (Å²) in [5.74, 6) is -0.871. The number of hydrogen-bond donors (Lipinski definition) is 1. The summed E-state index contributed by atoms with van der Waals surface area (Å²) in [7, 11) is 1.24. The van der Waals surface area contributed by atoms with Gasteiger partial charge in [0.25, 0.3) is 11.1 Å². The second kappa shape index (κ2) is 13.3. The van der Waals surface area contributed by atoms with Crippen molar-refractivity contribution < 1.29 is 37.0 Å². The van der Waals surface area contributed by atoms with Crippen molar-refractivity contribution in [3.8, 4) is 11.5 Å². The number of methoxy groups -OCH3 is 1. The van der Waals surface area contributed by atoms with E-state index in [1.165, 1.54) is 7.11 Å². The van der Waals surface area contributed by atoms with Gasteiger partial charge in [0.05, 0.1) is 30.4 Å². The van der Waals surface area contributed by atoms with Gasteiger partial charge in [-0.25, -0.2) is 0 Å². The van der Waals surface area contributed by atoms with E-state index in [9.17, 15) is 27.6 Å². The van der Waals surface area contributed by atoms with E-state index in [0.717, 1.165) is 40.3 Å². The molecule has 3 amide bonds. The van der Waals surface area contributed by atoms with E-state index in [1.807, 2.05) is 24.3 Å². The number of carbonyl (C=O) groups excluding carboxylic acids is 3. The van der Waals surface area contributed by atoms with Crippen molar-refractivity contribution >= 4 is 102 Å². The third kappa shape index (κ3) is 7.95. The fourth-order valence-corrected chi connectivity index (χ4v) is 6.87. The maximum atomic E-state index is 13.1. The third-order valence-electron chi connectivity index (χ3n) is 5.59. The minimum Gasteiger partial charge on any atom is -0.495 e. The Morgan fingerprint density at radius 1 is 1.07 bits per heavy atom. The zero-order chi connectivity index (χ0) is 29.9. The summed E-state index contributed by atoms with van der Waals surface area (Å²) >= 11 is 8.33. The highest BCUT2D eigenvalue weighted by Crippen LogP contribution is 2.37. The van der Waals surface area contributed by atoms with Crippen LogP contribution in [0.25, 0.3) is 6.08 Å². The fraction of sp³-hybridized carbons (Fsp3) is 0.148. The van der Waals surface area contributed by atoms with Crippen LogP contribution in [0.1, 0.15) is 16.7 Å². The largest absolute Gasteiger partial charge is 0.495 e. The number of thioether (sulfide) groups is 1. The molecular formula is C27H18BrF3I2N2O5S. The molecule has 1 saturated heterocycles. The molecule has 1 aliphatic rings. The normalized spacial score (nSPS) is 14.5. The van der Waals surface area contributed by atoms with Crippen LogP contribution in [0.2, 0.25) is 0 Å². The van der Waals surface area contributed by atoms with Crippen LogP contribution in [0.15, 0.2) is 64.0 Å². The first kappa shape index (κ1) is 31.6. The molecule has 0 unspecified atom stereocenters. The van der Waals surface area contributed by atoms with Crippen molar-refractivity contribution in [3.63, 3.8) is 0 Å². The van der Waals surface area contributed by atoms with Crippen molar-refractivity contribution in [2.45, 2.75) is 12.8 Å². The summed E-state index contributed by atoms with van der Waals surface area (Å²) in [5, 5.41) is 1.62. The highest BCUT2D eigenvalue weighted by Gasteiger charge is 2.37. The van der Waals surface area contributed by atoms with Crippen molar-refractivity contribution in [3.05, 3.63) is 87.8 Å². The number of ether oxygens (including phenoxy) is 2. The van der Waals surface area contributed by atoms with Crippen molar-refractivity contribution in [2.75, 3.05) is 19.0 Å². The minimum absolute atomic E-state index is 0.00569. The van der Waals surface area contributed by atoms with Crippen LogP contribution in [0.4, 0.5) is 23.7 Å². The van der Waals surface area contributed by atoms with Crippen LogP contribution < -0.4 is 14.8 Å². The molecule has 0 saturated carbocycles. The Bertz CT molecular complexity index is 1530. The van der Waals surface area contributed by atoms with Crippen LogP contribution in [-0.2, 0) is 22.4 Å². The monoisotopic (exact) mass is 872 g/mol. The van der Waals surface area contributed by atoms with Crippen molar-refractivity contribution in [1.29, 1.82) is 0 Å². The number of rotatable bonds is 8. The number of carbonyl (C=O) groups is 3. The van der Waals surface area contributed by atoms with Crippen LogP contribution in [0.3, 0.4) is 0 Å². The van der Waals surface area contributed by atoms with E-state index in [1.54, 1.807) is 18.2 Å². The average Bonchev–Trinajstić information content (AvgIpc) is 3.15. The topological polar surface area (TPSA) is 84.9 Å². The predicted molar refractivity (Wildman–Crippen MR) is 170 cm³/mol. The Hall–Kier alpha value is -2.31. The summed E-state index contributed by atoms with van der Waals surface area (Å²) in [6.07, 6.45) is -3.09. The van der Waals surface area contributed by atoms with Gasteiger partial charge in [-0.3, -0.25) is 19.3 Å². The van der Waals surface area contributed by atoms with E-state index in [0.29, 0.717) is 29.7 Å². The number of halogens is 6. The summed E-state index contributed by atoms with van der Waals surface area (Å²) in [6.45, 7) is -0.314. The molecule has 214 valence electrons. The Balaban J connectivity index is 1.45. The second-order valence-electron chi connectivity index (χ2n) is 8.46. The van der Waals surface area contributed by atoms with Gasteiger partial charge in [-0.1, -0.05) is 28.1 Å². The molecule has 0 atom stereocenters. The standard InChI is InChI=1S/C27H18BrF3I2N2O5S/c1-39-21-7-4-16(27(29,30)31)11-20(21)34-23(36)12-35-25(37)22(41-26(35)38)10-15-8-18(32)24(19(33)9-15)40-13-14-2-5-17(28)6-3-14/h2-11H,12-13H2,1H3,(H,34,36)/b22-10-. The molecule has 4 rings (SSSR count). The molecule has 3 aromatic rings. The zero-order valence-electron chi connectivity index (χ0n) is 20.9. The summed E-state index contributed by atoms with van der Waals surface area (Å²) in [4.78, 5) is 39.0. The molecule has 1 heterocycles. The predicted octanol–water partition coefficient (Wildman–Crippen LogP) is 7.94. The Morgan fingerprint density at radius 3 is 2.34 bits per heavy atom. The lowest BCUT2D eigenvalue weighted by atomic mass is 10.1. The maximum Gasteiger partial charge on any atom is 0.416 e. The van der Waals surface area contributed by atoms with E-state index in [4.69, 9.17) is 9.47 Å². The zero-order valence-corrected chi connectivity index (χ0v) is 27.6. The molecule has 0 aliphatic carbocycles. The molecule has 3 aromatic carbocycles. The van der Waals surface area contributed by atoms with Crippen LogP contribution in [0, 0.1) is 7.14 Å².